The third-order valence-electron chi connectivity index (χ3n) is 5.57. The highest BCUT2D eigenvalue weighted by molar-refractivity contribution is 7.99. The molecule has 162 valence electrons. The van der Waals surface area contributed by atoms with Crippen LogP contribution >= 0.6 is 11.8 Å². The van der Waals surface area contributed by atoms with Crippen molar-refractivity contribution in [1.29, 1.82) is 0 Å². The lowest BCUT2D eigenvalue weighted by Gasteiger charge is -2.29. The van der Waals surface area contributed by atoms with Crippen molar-refractivity contribution in [2.24, 2.45) is 0 Å². The molecular formula is C22H25N5O3S. The van der Waals surface area contributed by atoms with Crippen molar-refractivity contribution >= 4 is 17.7 Å². The Labute approximate surface area is 185 Å². The predicted molar refractivity (Wildman–Crippen MR) is 118 cm³/mol. The predicted octanol–water partition coefficient (Wildman–Crippen LogP) is 2.97. The number of carbonyl (C=O) groups is 1. The Bertz CT molecular complexity index is 1110. The third kappa shape index (κ3) is 4.36. The van der Waals surface area contributed by atoms with Crippen molar-refractivity contribution in [2.45, 2.75) is 32.0 Å². The first-order valence-electron chi connectivity index (χ1n) is 10.0. The van der Waals surface area contributed by atoms with Gasteiger partial charge >= 0.3 is 0 Å². The Balaban J connectivity index is 1.44. The summed E-state index contributed by atoms with van der Waals surface area (Å²) in [6.07, 6.45) is 0.784. The average molecular weight is 440 g/mol. The number of hydrogen-bond acceptors (Lipinski definition) is 7. The van der Waals surface area contributed by atoms with E-state index in [4.69, 9.17) is 9.47 Å². The van der Waals surface area contributed by atoms with Crippen molar-refractivity contribution in [1.82, 2.24) is 25.1 Å². The first kappa shape index (κ1) is 21.2. The van der Waals surface area contributed by atoms with Gasteiger partial charge in [-0.05, 0) is 77.2 Å². The quantitative estimate of drug-likeness (QED) is 0.546. The van der Waals surface area contributed by atoms with E-state index in [1.54, 1.807) is 18.9 Å². The highest BCUT2D eigenvalue weighted by Gasteiger charge is 2.23. The zero-order valence-corrected chi connectivity index (χ0v) is 18.9. The minimum atomic E-state index is 0.0556. The summed E-state index contributed by atoms with van der Waals surface area (Å²) in [4.78, 5) is 14.8. The van der Waals surface area contributed by atoms with Crippen LogP contribution in [0.3, 0.4) is 0 Å². The molecule has 0 saturated carbocycles. The molecule has 0 aliphatic carbocycles. The summed E-state index contributed by atoms with van der Waals surface area (Å²) >= 11 is 1.35. The second kappa shape index (κ2) is 8.97. The van der Waals surface area contributed by atoms with Gasteiger partial charge in [-0.3, -0.25) is 4.79 Å². The first-order chi connectivity index (χ1) is 15.0. The summed E-state index contributed by atoms with van der Waals surface area (Å²) in [5.74, 6) is 1.72. The number of nitrogens with zero attached hydrogens (tertiary/aromatic N) is 5. The first-order valence-corrected chi connectivity index (χ1v) is 11.0. The summed E-state index contributed by atoms with van der Waals surface area (Å²) in [5, 5.41) is 12.6. The number of rotatable bonds is 6. The summed E-state index contributed by atoms with van der Waals surface area (Å²) in [7, 11) is 3.25. The van der Waals surface area contributed by atoms with E-state index in [0.29, 0.717) is 24.0 Å². The standard InChI is InChI=1S/C22H25N5O3S/c1-14-5-6-18(9-15(14)2)27-22(23-24-25-27)31-13-21(28)26-8-7-16-10-19(29-3)20(30-4)11-17(16)12-26/h5-6,9-11H,7-8,12-13H2,1-4H3. The lowest BCUT2D eigenvalue weighted by atomic mass is 9.99. The van der Waals surface area contributed by atoms with Crippen LogP contribution in [0.25, 0.3) is 5.69 Å². The Hall–Kier alpha value is -3.07. The number of hydrogen-bond donors (Lipinski definition) is 0. The molecule has 31 heavy (non-hydrogen) atoms. The fourth-order valence-electron chi connectivity index (χ4n) is 3.60. The number of thioether (sulfide) groups is 1. The van der Waals surface area contributed by atoms with Crippen molar-refractivity contribution in [2.75, 3.05) is 26.5 Å². The van der Waals surface area contributed by atoms with E-state index in [2.05, 4.69) is 29.4 Å². The molecule has 0 unspecified atom stereocenters. The number of aromatic nitrogens is 4. The van der Waals surface area contributed by atoms with E-state index in [0.717, 1.165) is 23.4 Å². The summed E-state index contributed by atoms with van der Waals surface area (Å²) in [5.41, 5.74) is 5.53. The molecule has 0 fully saturated rings. The number of benzene rings is 2. The van der Waals surface area contributed by atoms with Crippen molar-refractivity contribution < 1.29 is 14.3 Å². The van der Waals surface area contributed by atoms with Crippen LogP contribution in [0.1, 0.15) is 22.3 Å². The third-order valence-corrected chi connectivity index (χ3v) is 6.48. The van der Waals surface area contributed by atoms with Gasteiger partial charge in [0.05, 0.1) is 25.7 Å². The molecule has 0 atom stereocenters. The van der Waals surface area contributed by atoms with E-state index in [1.165, 1.54) is 28.5 Å². The van der Waals surface area contributed by atoms with Crippen LogP contribution in [0.4, 0.5) is 0 Å². The maximum absolute atomic E-state index is 12.9. The van der Waals surface area contributed by atoms with Gasteiger partial charge in [0.1, 0.15) is 0 Å². The fourth-order valence-corrected chi connectivity index (χ4v) is 4.40. The molecule has 3 aromatic rings. The molecule has 0 bridgehead atoms. The molecular weight excluding hydrogens is 414 g/mol. The van der Waals surface area contributed by atoms with Crippen LogP contribution in [0, 0.1) is 13.8 Å². The molecule has 4 rings (SSSR count). The highest BCUT2D eigenvalue weighted by Crippen LogP contribution is 2.33. The molecule has 0 N–H and O–H groups in total. The molecule has 0 spiro atoms. The van der Waals surface area contributed by atoms with Gasteiger partial charge in [0.15, 0.2) is 11.5 Å². The van der Waals surface area contributed by atoms with Crippen LogP contribution in [-0.2, 0) is 17.8 Å². The van der Waals surface area contributed by atoms with Gasteiger partial charge in [0.25, 0.3) is 0 Å². The van der Waals surface area contributed by atoms with Gasteiger partial charge in [-0.1, -0.05) is 17.8 Å². The molecule has 1 aliphatic heterocycles. The van der Waals surface area contributed by atoms with E-state index in [1.807, 2.05) is 35.2 Å². The maximum atomic E-state index is 12.9. The van der Waals surface area contributed by atoms with Gasteiger partial charge in [-0.25, -0.2) is 0 Å². The number of aryl methyl sites for hydroxylation is 2. The zero-order chi connectivity index (χ0) is 22.0. The molecule has 9 heteroatoms. The maximum Gasteiger partial charge on any atom is 0.233 e. The molecule has 1 aromatic heterocycles. The Morgan fingerprint density at radius 1 is 1.06 bits per heavy atom. The minimum Gasteiger partial charge on any atom is -0.493 e. The van der Waals surface area contributed by atoms with Crippen molar-refractivity contribution in [3.05, 3.63) is 52.6 Å². The molecule has 0 radical (unpaired) electrons. The van der Waals surface area contributed by atoms with Gasteiger partial charge in [-0.15, -0.1) is 5.10 Å². The summed E-state index contributed by atoms with van der Waals surface area (Å²) < 4.78 is 12.5. The zero-order valence-electron chi connectivity index (χ0n) is 18.1. The van der Waals surface area contributed by atoms with Crippen LogP contribution in [0.15, 0.2) is 35.5 Å². The van der Waals surface area contributed by atoms with Gasteiger partial charge in [0.2, 0.25) is 11.1 Å². The van der Waals surface area contributed by atoms with Crippen LogP contribution < -0.4 is 9.47 Å². The topological polar surface area (TPSA) is 82.4 Å². The number of fused-ring (bicyclic) bond motifs is 1. The second-order valence-electron chi connectivity index (χ2n) is 7.47. The number of carbonyl (C=O) groups excluding carboxylic acids is 1. The highest BCUT2D eigenvalue weighted by atomic mass is 32.2. The normalized spacial score (nSPS) is 13.1. The van der Waals surface area contributed by atoms with Crippen LogP contribution in [0.2, 0.25) is 0 Å². The van der Waals surface area contributed by atoms with Gasteiger partial charge < -0.3 is 14.4 Å². The van der Waals surface area contributed by atoms with E-state index >= 15 is 0 Å². The SMILES string of the molecule is COc1cc2c(cc1OC)CN(C(=O)CSc1nnnn1-c1ccc(C)c(C)c1)CC2. The fraction of sp³-hybridized carbons (Fsp3) is 0.364. The van der Waals surface area contributed by atoms with Crippen molar-refractivity contribution in [3.8, 4) is 17.2 Å². The van der Waals surface area contributed by atoms with E-state index in [9.17, 15) is 4.79 Å². The van der Waals surface area contributed by atoms with Crippen molar-refractivity contribution in [3.63, 3.8) is 0 Å². The van der Waals surface area contributed by atoms with Crippen LogP contribution in [-0.4, -0.2) is 57.5 Å². The lowest BCUT2D eigenvalue weighted by molar-refractivity contribution is -0.129. The number of ether oxygens (including phenoxy) is 2. The Kier molecular flexibility index (Phi) is 6.13. The van der Waals surface area contributed by atoms with E-state index < -0.39 is 0 Å². The number of tetrazole rings is 1. The lowest BCUT2D eigenvalue weighted by Crippen LogP contribution is -2.37. The van der Waals surface area contributed by atoms with Crippen LogP contribution in [0.5, 0.6) is 11.5 Å². The van der Waals surface area contributed by atoms with Gasteiger partial charge in [-0.2, -0.15) is 4.68 Å². The summed E-state index contributed by atoms with van der Waals surface area (Å²) in [6, 6.07) is 10.0. The molecule has 2 heterocycles. The molecule has 1 aliphatic rings. The minimum absolute atomic E-state index is 0.0556. The average Bonchev–Trinajstić information content (AvgIpc) is 3.26. The summed E-state index contributed by atoms with van der Waals surface area (Å²) in [6.45, 7) is 5.34. The molecule has 1 amide bonds. The monoisotopic (exact) mass is 439 g/mol. The molecule has 2 aromatic carbocycles. The largest absolute Gasteiger partial charge is 0.493 e. The van der Waals surface area contributed by atoms with Gasteiger partial charge in [0, 0.05) is 13.1 Å². The number of amides is 1. The molecule has 8 nitrogen and oxygen atoms in total. The van der Waals surface area contributed by atoms with E-state index in [-0.39, 0.29) is 11.7 Å². The second-order valence-corrected chi connectivity index (χ2v) is 8.41. The molecule has 0 saturated heterocycles. The Morgan fingerprint density at radius 2 is 1.81 bits per heavy atom. The number of methoxy groups -OCH3 is 2. The smallest absolute Gasteiger partial charge is 0.233 e. The Morgan fingerprint density at radius 3 is 2.52 bits per heavy atom.